The molecule has 0 radical (unpaired) electrons. The fraction of sp³-hybridized carbons (Fsp3) is 0.583. The number of nitrogens with zero attached hydrogens (tertiary/aromatic N) is 3. The highest BCUT2D eigenvalue weighted by Crippen LogP contribution is 2.36. The Labute approximate surface area is 192 Å². The second-order valence-electron chi connectivity index (χ2n) is 8.43. The van der Waals surface area contributed by atoms with Gasteiger partial charge in [-0.2, -0.15) is 5.10 Å². The Morgan fingerprint density at radius 2 is 2.19 bits per heavy atom. The number of hydrogen-bond acceptors (Lipinski definition) is 7. The molecule has 2 heterocycles. The standard InChI is InChI=1S/C24H38N6O2/c1-6-17(2)15-18(3)25-11-7-8-12-26-23-24-29-28-19(4)30(24)22-10-9-20(16-21(22)27-23)32-14-13-31-5/h9-10,16-17,24-25,29H,3,6-8,11-15H2,1-2,4-5H3,(H,26,27). The lowest BCUT2D eigenvalue weighted by Gasteiger charge is -2.34. The Morgan fingerprint density at radius 3 is 2.97 bits per heavy atom. The molecule has 1 aromatic rings. The van der Waals surface area contributed by atoms with E-state index in [1.54, 1.807) is 7.11 Å². The Kier molecular flexibility index (Phi) is 8.79. The van der Waals surface area contributed by atoms with Crippen LogP contribution in [0.1, 0.15) is 46.5 Å². The van der Waals surface area contributed by atoms with Crippen LogP contribution in [0.3, 0.4) is 0 Å². The maximum Gasteiger partial charge on any atom is 0.179 e. The number of benzene rings is 1. The van der Waals surface area contributed by atoms with Crippen LogP contribution in [0.2, 0.25) is 0 Å². The van der Waals surface area contributed by atoms with Crippen molar-refractivity contribution in [2.45, 2.75) is 52.6 Å². The fourth-order valence-electron chi connectivity index (χ4n) is 3.78. The van der Waals surface area contributed by atoms with Crippen LogP contribution in [0, 0.1) is 5.92 Å². The summed E-state index contributed by atoms with van der Waals surface area (Å²) in [6.45, 7) is 13.4. The van der Waals surface area contributed by atoms with Crippen molar-refractivity contribution in [3.05, 3.63) is 30.5 Å². The number of unbranched alkanes of at least 4 members (excludes halogenated alkanes) is 1. The molecule has 2 atom stereocenters. The van der Waals surface area contributed by atoms with Crippen LogP contribution in [0.25, 0.3) is 0 Å². The molecule has 2 aliphatic heterocycles. The summed E-state index contributed by atoms with van der Waals surface area (Å²) in [7, 11) is 1.67. The van der Waals surface area contributed by atoms with Crippen LogP contribution in [-0.4, -0.2) is 51.3 Å². The van der Waals surface area contributed by atoms with Crippen molar-refractivity contribution in [1.82, 2.24) is 10.7 Å². The van der Waals surface area contributed by atoms with Gasteiger partial charge in [-0.05, 0) is 44.2 Å². The molecule has 0 saturated heterocycles. The second kappa shape index (κ2) is 11.8. The highest BCUT2D eigenvalue weighted by atomic mass is 16.5. The molecule has 2 unspecified atom stereocenters. The van der Waals surface area contributed by atoms with Crippen LogP contribution >= 0.6 is 0 Å². The van der Waals surface area contributed by atoms with E-state index >= 15 is 0 Å². The average Bonchev–Trinajstić information content (AvgIpc) is 3.18. The minimum Gasteiger partial charge on any atom is -0.491 e. The molecule has 0 fully saturated rings. The molecule has 0 saturated carbocycles. The molecule has 2 aliphatic rings. The fourth-order valence-corrected chi connectivity index (χ4v) is 3.78. The topological polar surface area (TPSA) is 82.5 Å². The largest absolute Gasteiger partial charge is 0.491 e. The van der Waals surface area contributed by atoms with Gasteiger partial charge in [-0.15, -0.1) is 0 Å². The number of nitrogens with one attached hydrogen (secondary N) is 3. The van der Waals surface area contributed by atoms with E-state index in [2.05, 4.69) is 52.6 Å². The second-order valence-corrected chi connectivity index (χ2v) is 8.43. The lowest BCUT2D eigenvalue weighted by molar-refractivity contribution is 0.146. The van der Waals surface area contributed by atoms with Gasteiger partial charge in [0.2, 0.25) is 0 Å². The zero-order valence-corrected chi connectivity index (χ0v) is 19.9. The highest BCUT2D eigenvalue weighted by molar-refractivity contribution is 6.15. The number of amidine groups is 2. The van der Waals surface area contributed by atoms with E-state index in [-0.39, 0.29) is 6.17 Å². The maximum absolute atomic E-state index is 5.78. The van der Waals surface area contributed by atoms with E-state index in [0.29, 0.717) is 19.1 Å². The van der Waals surface area contributed by atoms with E-state index in [4.69, 9.17) is 14.5 Å². The Bertz CT molecular complexity index is 838. The minimum atomic E-state index is -0.101. The smallest absolute Gasteiger partial charge is 0.179 e. The summed E-state index contributed by atoms with van der Waals surface area (Å²) in [6, 6.07) is 6.04. The first-order valence-electron chi connectivity index (χ1n) is 11.6. The summed E-state index contributed by atoms with van der Waals surface area (Å²) < 4.78 is 10.8. The molecule has 1 aromatic carbocycles. The molecular formula is C24H38N6O2. The Balaban J connectivity index is 1.55. The molecule has 32 heavy (non-hydrogen) atoms. The summed E-state index contributed by atoms with van der Waals surface area (Å²) in [5.41, 5.74) is 6.36. The van der Waals surface area contributed by atoms with E-state index in [1.165, 1.54) is 6.42 Å². The third kappa shape index (κ3) is 6.16. The summed E-state index contributed by atoms with van der Waals surface area (Å²) in [5.74, 6) is 3.28. The lowest BCUT2D eigenvalue weighted by atomic mass is 10.0. The molecule has 3 N–H and O–H groups in total. The van der Waals surface area contributed by atoms with Gasteiger partial charge in [0.1, 0.15) is 24.0 Å². The third-order valence-electron chi connectivity index (χ3n) is 5.79. The first-order valence-corrected chi connectivity index (χ1v) is 11.6. The number of allylic oxidation sites excluding steroid dienone is 1. The molecule has 176 valence electrons. The quantitative estimate of drug-likeness (QED) is 0.402. The number of rotatable bonds is 13. The van der Waals surface area contributed by atoms with Gasteiger partial charge in [0, 0.05) is 32.0 Å². The van der Waals surface area contributed by atoms with Gasteiger partial charge in [-0.25, -0.2) is 0 Å². The molecule has 0 amide bonds. The van der Waals surface area contributed by atoms with Crippen LogP contribution in [0.5, 0.6) is 5.75 Å². The van der Waals surface area contributed by atoms with Gasteiger partial charge in [0.25, 0.3) is 0 Å². The SMILES string of the molecule is C=C(CC(C)CC)NCCCCN=C1Nc2cc(OCCOC)ccc2N2C(C)=NNC12. The van der Waals surface area contributed by atoms with Gasteiger partial charge in [0.05, 0.1) is 18.0 Å². The van der Waals surface area contributed by atoms with E-state index in [9.17, 15) is 0 Å². The van der Waals surface area contributed by atoms with Crippen LogP contribution in [0.15, 0.2) is 40.6 Å². The number of aliphatic imine (C=N–C) groups is 1. The summed E-state index contributed by atoms with van der Waals surface area (Å²) in [5, 5.41) is 11.4. The van der Waals surface area contributed by atoms with E-state index < -0.39 is 0 Å². The molecule has 0 bridgehead atoms. The van der Waals surface area contributed by atoms with Crippen molar-refractivity contribution in [2.75, 3.05) is 43.6 Å². The van der Waals surface area contributed by atoms with Crippen molar-refractivity contribution in [2.24, 2.45) is 16.0 Å². The van der Waals surface area contributed by atoms with Crippen molar-refractivity contribution in [3.63, 3.8) is 0 Å². The maximum atomic E-state index is 5.78. The average molecular weight is 443 g/mol. The van der Waals surface area contributed by atoms with Gasteiger partial charge >= 0.3 is 0 Å². The van der Waals surface area contributed by atoms with Crippen LogP contribution in [-0.2, 0) is 4.74 Å². The molecule has 8 nitrogen and oxygen atoms in total. The number of methoxy groups -OCH3 is 1. The number of ether oxygens (including phenoxy) is 2. The number of anilines is 2. The Hall–Kier alpha value is -2.74. The van der Waals surface area contributed by atoms with Crippen LogP contribution in [0.4, 0.5) is 11.4 Å². The zero-order chi connectivity index (χ0) is 22.9. The molecule has 0 aromatic heterocycles. The summed E-state index contributed by atoms with van der Waals surface area (Å²) in [4.78, 5) is 7.03. The molecular weight excluding hydrogens is 404 g/mol. The third-order valence-corrected chi connectivity index (χ3v) is 5.79. The van der Waals surface area contributed by atoms with Crippen molar-refractivity contribution in [1.29, 1.82) is 0 Å². The lowest BCUT2D eigenvalue weighted by Crippen LogP contribution is -2.51. The van der Waals surface area contributed by atoms with Gasteiger partial charge < -0.3 is 20.1 Å². The van der Waals surface area contributed by atoms with E-state index in [1.807, 2.05) is 19.1 Å². The predicted octanol–water partition coefficient (Wildman–Crippen LogP) is 3.92. The number of hydrazone groups is 1. The normalized spacial score (nSPS) is 18.9. The predicted molar refractivity (Wildman–Crippen MR) is 133 cm³/mol. The van der Waals surface area contributed by atoms with E-state index in [0.717, 1.165) is 66.8 Å². The number of hydrogen-bond donors (Lipinski definition) is 3. The van der Waals surface area contributed by atoms with Gasteiger partial charge in [0.15, 0.2) is 6.17 Å². The van der Waals surface area contributed by atoms with Crippen molar-refractivity contribution < 1.29 is 9.47 Å². The number of fused-ring (bicyclic) bond motifs is 3. The first-order chi connectivity index (χ1) is 15.5. The van der Waals surface area contributed by atoms with Gasteiger partial charge in [-0.1, -0.05) is 26.8 Å². The van der Waals surface area contributed by atoms with Crippen LogP contribution < -0.4 is 25.7 Å². The van der Waals surface area contributed by atoms with Gasteiger partial charge in [-0.3, -0.25) is 15.3 Å². The summed E-state index contributed by atoms with van der Waals surface area (Å²) in [6.07, 6.45) is 4.19. The zero-order valence-electron chi connectivity index (χ0n) is 19.9. The molecule has 0 spiro atoms. The highest BCUT2D eigenvalue weighted by Gasteiger charge is 2.36. The monoisotopic (exact) mass is 442 g/mol. The van der Waals surface area contributed by atoms with Crippen molar-refractivity contribution >= 4 is 23.0 Å². The summed E-state index contributed by atoms with van der Waals surface area (Å²) >= 11 is 0. The first kappa shape index (κ1) is 23.9. The minimum absolute atomic E-state index is 0.101. The molecule has 8 heteroatoms. The Morgan fingerprint density at radius 1 is 1.34 bits per heavy atom. The molecule has 3 rings (SSSR count). The van der Waals surface area contributed by atoms with Crippen molar-refractivity contribution in [3.8, 4) is 5.75 Å². The molecule has 0 aliphatic carbocycles.